The third kappa shape index (κ3) is 18.6. The number of nitrogens with zero attached hydrogens (tertiary/aromatic N) is 4. The van der Waals surface area contributed by atoms with Crippen molar-refractivity contribution in [3.8, 4) is 0 Å². The molecule has 8 aromatic carbocycles. The molecule has 12 rings (SSSR count). The second-order valence-corrected chi connectivity index (χ2v) is 41.6. The van der Waals surface area contributed by atoms with E-state index in [1.165, 1.54) is 18.2 Å². The van der Waals surface area contributed by atoms with Crippen LogP contribution in [0.4, 0.5) is 22.7 Å². The van der Waals surface area contributed by atoms with Crippen LogP contribution in [-0.2, 0) is 71.7 Å². The Morgan fingerprint density at radius 2 is 0.831 bits per heavy atom. The van der Waals surface area contributed by atoms with Crippen molar-refractivity contribution < 1.29 is 90.4 Å². The van der Waals surface area contributed by atoms with Gasteiger partial charge < -0.3 is 20.0 Å². The van der Waals surface area contributed by atoms with Gasteiger partial charge in [-0.25, -0.2) is 9.59 Å². The van der Waals surface area contributed by atoms with Gasteiger partial charge in [0.2, 0.25) is 11.4 Å². The Morgan fingerprint density at radius 3 is 1.30 bits per heavy atom. The van der Waals surface area contributed by atoms with Crippen LogP contribution in [0.25, 0.3) is 43.1 Å². The molecule has 0 fully saturated rings. The molecular formula is C98H122N4O18S4+2. The molecule has 0 bridgehead atoms. The van der Waals surface area contributed by atoms with Crippen LogP contribution in [0, 0.1) is 25.7 Å². The molecule has 4 aliphatic heterocycles. The maximum absolute atomic E-state index is 12.9. The lowest BCUT2D eigenvalue weighted by Gasteiger charge is -2.31. The summed E-state index contributed by atoms with van der Waals surface area (Å²) in [6.07, 6.45) is 26.9. The molecule has 0 aliphatic carbocycles. The van der Waals surface area contributed by atoms with Gasteiger partial charge in [0, 0.05) is 130 Å². The molecule has 0 radical (unpaired) electrons. The maximum atomic E-state index is 12.9. The van der Waals surface area contributed by atoms with Gasteiger partial charge in [-0.3, -0.25) is 27.8 Å². The van der Waals surface area contributed by atoms with E-state index in [0.29, 0.717) is 72.8 Å². The standard InChI is InChI=1S/C50H60N2O8S.C48H60N2O10S3/c1-9-11-29-51-39-26-24-33-32(5)34(47(54)55)20-21-35(33)44(39)49(6,7)42(51)18-16-19-43-50(8,28-15-13-14-17-41(53)31(3)4)45-36-22-23-38(48(56)57)46(61(58,59)60)37(36)25-27-40(45)52(43)30-12-10-2;1-9-11-24-48(8)44(50(25-12-10-2)40-23-21-36-38(46(40)48)29-34(62(55,56)57)30-42(36)63(58,59)60)19-16-18-43-47(6,7)45-37-28-33(61(52,53)54)27-32(5)35(37)20-22-39(45)49(43)26-15-13-14-17-41(51)31(3)4/h16,18-27,31H,9-15,17,28-30H2,1-8H3,(H2-,54,55,56,57,58,59,60);16,18-23,27-31H,9-15,17,24-26H2,1-8H3,(H2-,52,53,54,55,56,57,58,59,60)/p+2. The number of aryl methyl sites for hydroxylation is 2. The first-order valence-electron chi connectivity index (χ1n) is 43.6. The molecule has 124 heavy (non-hydrogen) atoms. The number of anilines is 2. The zero-order chi connectivity index (χ0) is 91.1. The number of ketones is 2. The van der Waals surface area contributed by atoms with E-state index in [0.717, 1.165) is 192 Å². The number of aromatic carboxylic acids is 2. The highest BCUT2D eigenvalue weighted by Gasteiger charge is 2.50. The van der Waals surface area contributed by atoms with Crippen LogP contribution >= 0.6 is 0 Å². The molecule has 26 heteroatoms. The van der Waals surface area contributed by atoms with E-state index in [1.54, 1.807) is 30.3 Å². The average molecular weight is 1770 g/mol. The number of carboxylic acid groups (broad SMARTS) is 2. The van der Waals surface area contributed by atoms with E-state index in [4.69, 9.17) is 0 Å². The van der Waals surface area contributed by atoms with Gasteiger partial charge in [0.25, 0.3) is 40.5 Å². The molecule has 2 unspecified atom stereocenters. The number of carbonyl (C=O) groups is 4. The van der Waals surface area contributed by atoms with Crippen LogP contribution in [-0.4, -0.2) is 132 Å². The van der Waals surface area contributed by atoms with Gasteiger partial charge in [-0.1, -0.05) is 137 Å². The topological polar surface area (TPSA) is 339 Å². The fourth-order valence-corrected chi connectivity index (χ4v) is 22.4. The third-order valence-corrected chi connectivity index (χ3v) is 29.6. The zero-order valence-electron chi connectivity index (χ0n) is 74.4. The summed E-state index contributed by atoms with van der Waals surface area (Å²) in [5, 5.41) is 24.6. The smallest absolute Gasteiger partial charge is 0.337 e. The minimum atomic E-state index is -4.92. The number of carbonyl (C=O) groups excluding carboxylic acids is 2. The highest BCUT2D eigenvalue weighted by molar-refractivity contribution is 7.87. The molecule has 0 saturated heterocycles. The van der Waals surface area contributed by atoms with Crippen molar-refractivity contribution in [2.75, 3.05) is 36.0 Å². The molecule has 8 aromatic rings. The Morgan fingerprint density at radius 1 is 0.419 bits per heavy atom. The van der Waals surface area contributed by atoms with Gasteiger partial charge in [0.15, 0.2) is 11.4 Å². The van der Waals surface area contributed by atoms with E-state index in [2.05, 4.69) is 131 Å². The fourth-order valence-electron chi connectivity index (χ4n) is 19.5. The molecule has 4 aliphatic rings. The molecule has 0 amide bonds. The Balaban J connectivity index is 0.000000241. The molecule has 2 atom stereocenters. The van der Waals surface area contributed by atoms with Crippen molar-refractivity contribution in [2.45, 2.75) is 268 Å². The summed E-state index contributed by atoms with van der Waals surface area (Å²) in [4.78, 5) is 51.7. The van der Waals surface area contributed by atoms with Crippen molar-refractivity contribution in [1.29, 1.82) is 0 Å². The van der Waals surface area contributed by atoms with Crippen molar-refractivity contribution >= 4 is 141 Å². The number of benzene rings is 8. The Hall–Kier alpha value is -9.38. The van der Waals surface area contributed by atoms with Crippen molar-refractivity contribution in [3.05, 3.63) is 189 Å². The Bertz CT molecular complexity index is 6330. The zero-order valence-corrected chi connectivity index (χ0v) is 77.7. The van der Waals surface area contributed by atoms with Crippen LogP contribution < -0.4 is 9.80 Å². The summed E-state index contributed by atoms with van der Waals surface area (Å²) < 4.78 is 147. The monoisotopic (exact) mass is 1770 g/mol. The minimum Gasteiger partial charge on any atom is -0.478 e. The van der Waals surface area contributed by atoms with Gasteiger partial charge in [0.05, 0.1) is 31.7 Å². The van der Waals surface area contributed by atoms with Gasteiger partial charge in [0.1, 0.15) is 34.4 Å². The van der Waals surface area contributed by atoms with Crippen LogP contribution in [0.2, 0.25) is 0 Å². The summed E-state index contributed by atoms with van der Waals surface area (Å²) >= 11 is 0. The molecule has 0 aromatic heterocycles. The van der Waals surface area contributed by atoms with Gasteiger partial charge in [-0.15, -0.1) is 0 Å². The minimum absolute atomic E-state index is 0.0174. The maximum Gasteiger partial charge on any atom is 0.337 e. The molecule has 6 N–H and O–H groups in total. The van der Waals surface area contributed by atoms with Crippen molar-refractivity contribution in [3.63, 3.8) is 0 Å². The van der Waals surface area contributed by atoms with Crippen LogP contribution in [0.1, 0.15) is 267 Å². The summed E-state index contributed by atoms with van der Waals surface area (Å²) in [6, 6.07) is 26.8. The van der Waals surface area contributed by atoms with E-state index >= 15 is 0 Å². The van der Waals surface area contributed by atoms with E-state index < -0.39 is 94.3 Å². The summed E-state index contributed by atoms with van der Waals surface area (Å²) in [6.45, 7) is 35.5. The molecule has 0 spiro atoms. The van der Waals surface area contributed by atoms with E-state index in [-0.39, 0.29) is 39.1 Å². The van der Waals surface area contributed by atoms with Gasteiger partial charge in [-0.2, -0.15) is 42.8 Å². The number of carboxylic acids is 2. The second-order valence-electron chi connectivity index (χ2n) is 36.0. The normalized spacial score (nSPS) is 18.2. The lowest BCUT2D eigenvalue weighted by molar-refractivity contribution is -0.438. The average Bonchev–Trinajstić information content (AvgIpc) is 1.52. The largest absolute Gasteiger partial charge is 0.478 e. The first-order chi connectivity index (χ1) is 58.2. The fraction of sp³-hybridized carbons (Fsp3) is 0.449. The quantitative estimate of drug-likeness (QED) is 0.0121. The number of unbranched alkanes of at least 4 members (excludes halogenated alkanes) is 8. The first-order valence-corrected chi connectivity index (χ1v) is 49.3. The number of allylic oxidation sites excluding steroid dienone is 8. The highest BCUT2D eigenvalue weighted by Crippen LogP contribution is 2.57. The Labute approximate surface area is 731 Å². The Kier molecular flexibility index (Phi) is 28.6. The number of hydrogen-bond acceptors (Lipinski definition) is 14. The third-order valence-electron chi connectivity index (χ3n) is 26.0. The molecule has 22 nitrogen and oxygen atoms in total. The summed E-state index contributed by atoms with van der Waals surface area (Å²) in [5.74, 6) is -1.95. The van der Waals surface area contributed by atoms with Crippen LogP contribution in [0.3, 0.4) is 0 Å². The van der Waals surface area contributed by atoms with Crippen LogP contribution in [0.5, 0.6) is 0 Å². The molecule has 4 heterocycles. The predicted octanol–water partition coefficient (Wildman–Crippen LogP) is 21.7. The molecular weight excluding hydrogens is 1650 g/mol. The van der Waals surface area contributed by atoms with E-state index in [1.807, 2.05) is 78.0 Å². The lowest BCUT2D eigenvalue weighted by atomic mass is 9.75. The predicted molar refractivity (Wildman–Crippen MR) is 493 cm³/mol. The van der Waals surface area contributed by atoms with Crippen molar-refractivity contribution in [2.24, 2.45) is 11.8 Å². The van der Waals surface area contributed by atoms with Crippen molar-refractivity contribution in [1.82, 2.24) is 0 Å². The highest BCUT2D eigenvalue weighted by atomic mass is 32.2. The lowest BCUT2D eigenvalue weighted by Crippen LogP contribution is -2.30. The van der Waals surface area contributed by atoms with Crippen LogP contribution in [0.15, 0.2) is 164 Å². The summed E-state index contributed by atoms with van der Waals surface area (Å²) in [5.41, 5.74) is 10.2. The van der Waals surface area contributed by atoms with Gasteiger partial charge >= 0.3 is 11.9 Å². The first kappa shape index (κ1) is 95.3. The van der Waals surface area contributed by atoms with Gasteiger partial charge in [-0.05, 0) is 228 Å². The number of rotatable bonds is 36. The van der Waals surface area contributed by atoms with E-state index in [9.17, 15) is 81.3 Å². The summed E-state index contributed by atoms with van der Waals surface area (Å²) in [7, 11) is -19.2. The molecule has 664 valence electrons. The SMILES string of the molecule is CCCCN1C(=CC=CC2=[N+](CCCC)c3ccc4c(C)c(C(=O)O)ccc4c3C2(C)C)C(C)(CCCCCC(=O)C(C)C)c2c1ccc1c(S(=O)(=O)O)c(C(=O)O)ccc21.CCCCN1C(=CC=CC2=[N+](CCCCCC(=O)C(C)C)c3ccc4c(C)cc(S(=O)(=O)O)cc4c3C2(C)C)C(C)(CCCC)c2c1ccc1c(S(=O)(=O)O)cc(S(=O)(=O)O)cc21. The number of hydrogen-bond donors (Lipinski definition) is 6. The molecule has 0 saturated carbocycles. The number of Topliss-reactive ketones (excluding diaryl/α,β-unsaturated/α-hetero) is 2. The number of fused-ring (bicyclic) bond motifs is 12. The second kappa shape index (κ2) is 37.3.